The lowest BCUT2D eigenvalue weighted by molar-refractivity contribution is 0.879. The van der Waals surface area contributed by atoms with Gasteiger partial charge in [0, 0.05) is 15.8 Å². The fraction of sp³-hybridized carbons (Fsp3) is 0.357. The van der Waals surface area contributed by atoms with E-state index in [0.717, 1.165) is 29.4 Å². The van der Waals surface area contributed by atoms with Crippen molar-refractivity contribution in [1.82, 2.24) is 4.98 Å². The number of nitrogens with two attached hydrogens (primary N) is 1. The summed E-state index contributed by atoms with van der Waals surface area (Å²) in [6.07, 6.45) is 3.02. The monoisotopic (exact) mass is 324 g/mol. The topological polar surface area (TPSA) is 38.9 Å². The van der Waals surface area contributed by atoms with Crippen molar-refractivity contribution in [2.45, 2.75) is 33.1 Å². The molecule has 1 heterocycles. The maximum absolute atomic E-state index is 5.82. The Hall–Kier alpha value is -0.870. The van der Waals surface area contributed by atoms with E-state index in [0.29, 0.717) is 5.13 Å². The fourth-order valence-corrected chi connectivity index (χ4v) is 3.48. The molecule has 18 heavy (non-hydrogen) atoms. The number of thiazole rings is 1. The lowest BCUT2D eigenvalue weighted by Crippen LogP contribution is -1.94. The molecule has 0 radical (unpaired) electrons. The van der Waals surface area contributed by atoms with Gasteiger partial charge in [0.1, 0.15) is 0 Å². The van der Waals surface area contributed by atoms with Crippen molar-refractivity contribution in [2.75, 3.05) is 5.73 Å². The Morgan fingerprint density at radius 3 is 2.83 bits per heavy atom. The van der Waals surface area contributed by atoms with Crippen LogP contribution in [0.15, 0.2) is 22.7 Å². The van der Waals surface area contributed by atoms with Crippen molar-refractivity contribution in [2.24, 2.45) is 0 Å². The lowest BCUT2D eigenvalue weighted by Gasteiger charge is -2.05. The van der Waals surface area contributed by atoms with Gasteiger partial charge in [-0.05, 0) is 30.5 Å². The molecule has 0 bridgehead atoms. The Morgan fingerprint density at radius 1 is 1.39 bits per heavy atom. The van der Waals surface area contributed by atoms with Crippen LogP contribution in [0.4, 0.5) is 5.13 Å². The van der Waals surface area contributed by atoms with E-state index in [2.05, 4.69) is 53.0 Å². The van der Waals surface area contributed by atoms with Crippen molar-refractivity contribution in [1.29, 1.82) is 0 Å². The molecule has 0 aliphatic carbocycles. The third-order valence-electron chi connectivity index (χ3n) is 2.84. The van der Waals surface area contributed by atoms with Crippen LogP contribution in [0.25, 0.3) is 0 Å². The minimum absolute atomic E-state index is 0.677. The molecule has 1 aromatic carbocycles. The molecule has 2 rings (SSSR count). The van der Waals surface area contributed by atoms with Crippen molar-refractivity contribution in [3.05, 3.63) is 44.4 Å². The molecule has 0 aliphatic heterocycles. The minimum Gasteiger partial charge on any atom is -0.375 e. The summed E-state index contributed by atoms with van der Waals surface area (Å²) in [7, 11) is 0. The van der Waals surface area contributed by atoms with Crippen LogP contribution in [-0.2, 0) is 12.8 Å². The van der Waals surface area contributed by atoms with Crippen LogP contribution >= 0.6 is 27.3 Å². The molecule has 2 nitrogen and oxygen atoms in total. The predicted octanol–water partition coefficient (Wildman–Crippen LogP) is 4.34. The second-order valence-electron chi connectivity index (χ2n) is 4.44. The van der Waals surface area contributed by atoms with Crippen LogP contribution in [0, 0.1) is 6.92 Å². The van der Waals surface area contributed by atoms with Gasteiger partial charge in [0.15, 0.2) is 5.13 Å². The lowest BCUT2D eigenvalue weighted by atomic mass is 10.1. The summed E-state index contributed by atoms with van der Waals surface area (Å²) in [4.78, 5) is 5.72. The highest BCUT2D eigenvalue weighted by molar-refractivity contribution is 9.10. The predicted molar refractivity (Wildman–Crippen MR) is 82.2 cm³/mol. The van der Waals surface area contributed by atoms with Gasteiger partial charge >= 0.3 is 0 Å². The van der Waals surface area contributed by atoms with Crippen LogP contribution < -0.4 is 5.73 Å². The number of aryl methyl sites for hydroxylation is 2. The number of hydrogen-bond donors (Lipinski definition) is 1. The first-order chi connectivity index (χ1) is 8.60. The van der Waals surface area contributed by atoms with Crippen LogP contribution in [0.3, 0.4) is 0 Å². The summed E-state index contributed by atoms with van der Waals surface area (Å²) in [5.74, 6) is 0. The molecule has 1 aromatic heterocycles. The molecule has 0 atom stereocenters. The first-order valence-electron chi connectivity index (χ1n) is 6.09. The number of nitrogen functional groups attached to an aromatic ring is 1. The summed E-state index contributed by atoms with van der Waals surface area (Å²) in [5, 5.41) is 0.677. The molecular weight excluding hydrogens is 308 g/mol. The van der Waals surface area contributed by atoms with Crippen LogP contribution in [0.1, 0.15) is 35.0 Å². The maximum Gasteiger partial charge on any atom is 0.180 e. The number of nitrogens with zero attached hydrogens (tertiary/aromatic N) is 1. The first kappa shape index (κ1) is 13.6. The van der Waals surface area contributed by atoms with Crippen molar-refractivity contribution in [3.8, 4) is 0 Å². The molecule has 96 valence electrons. The quantitative estimate of drug-likeness (QED) is 0.908. The second-order valence-corrected chi connectivity index (χ2v) is 6.41. The zero-order valence-corrected chi connectivity index (χ0v) is 13.1. The summed E-state index contributed by atoms with van der Waals surface area (Å²) in [5.41, 5.74) is 9.54. The van der Waals surface area contributed by atoms with Gasteiger partial charge in [0.05, 0.1) is 5.69 Å². The summed E-state index contributed by atoms with van der Waals surface area (Å²) < 4.78 is 1.16. The number of anilines is 1. The van der Waals surface area contributed by atoms with Gasteiger partial charge in [-0.3, -0.25) is 0 Å². The number of aromatic nitrogens is 1. The van der Waals surface area contributed by atoms with Crippen LogP contribution in [0.2, 0.25) is 0 Å². The highest BCUT2D eigenvalue weighted by atomic mass is 79.9. The van der Waals surface area contributed by atoms with Gasteiger partial charge in [0.2, 0.25) is 0 Å². The van der Waals surface area contributed by atoms with Crippen LogP contribution in [0.5, 0.6) is 0 Å². The van der Waals surface area contributed by atoms with Crippen LogP contribution in [-0.4, -0.2) is 4.98 Å². The Bertz CT molecular complexity index is 549. The largest absolute Gasteiger partial charge is 0.375 e. The zero-order chi connectivity index (χ0) is 13.1. The van der Waals surface area contributed by atoms with E-state index >= 15 is 0 Å². The number of benzene rings is 1. The molecule has 0 aliphatic rings. The van der Waals surface area contributed by atoms with Crippen molar-refractivity contribution < 1.29 is 0 Å². The van der Waals surface area contributed by atoms with E-state index in [1.54, 1.807) is 11.3 Å². The molecule has 2 aromatic rings. The molecule has 0 spiro atoms. The standard InChI is InChI=1S/C14H17BrN2S/c1-3-4-12-13(18-14(16)17-12)8-10-6-5-9(2)7-11(10)15/h5-7H,3-4,8H2,1-2H3,(H2,16,17). The average Bonchev–Trinajstić information content (AvgIpc) is 2.64. The van der Waals surface area contributed by atoms with Gasteiger partial charge in [0.25, 0.3) is 0 Å². The van der Waals surface area contributed by atoms with Gasteiger partial charge in [-0.15, -0.1) is 11.3 Å². The van der Waals surface area contributed by atoms with E-state index in [1.165, 1.54) is 16.0 Å². The van der Waals surface area contributed by atoms with Crippen molar-refractivity contribution >= 4 is 32.4 Å². The average molecular weight is 325 g/mol. The van der Waals surface area contributed by atoms with E-state index in [1.807, 2.05) is 0 Å². The third kappa shape index (κ3) is 3.12. The van der Waals surface area contributed by atoms with E-state index in [4.69, 9.17) is 5.73 Å². The van der Waals surface area contributed by atoms with Crippen molar-refractivity contribution in [3.63, 3.8) is 0 Å². The molecule has 0 amide bonds. The Labute approximate surface area is 120 Å². The summed E-state index contributed by atoms with van der Waals surface area (Å²) >= 11 is 5.24. The summed E-state index contributed by atoms with van der Waals surface area (Å²) in [6.45, 7) is 4.27. The third-order valence-corrected chi connectivity index (χ3v) is 4.51. The second kappa shape index (κ2) is 5.85. The highest BCUT2D eigenvalue weighted by Gasteiger charge is 2.11. The molecule has 0 unspecified atom stereocenters. The highest BCUT2D eigenvalue weighted by Crippen LogP contribution is 2.28. The molecule has 0 saturated heterocycles. The molecule has 0 fully saturated rings. The maximum atomic E-state index is 5.82. The van der Waals surface area contributed by atoms with E-state index in [-0.39, 0.29) is 0 Å². The summed E-state index contributed by atoms with van der Waals surface area (Å²) in [6, 6.07) is 6.47. The van der Waals surface area contributed by atoms with E-state index in [9.17, 15) is 0 Å². The zero-order valence-electron chi connectivity index (χ0n) is 10.7. The Balaban J connectivity index is 2.27. The van der Waals surface area contributed by atoms with Gasteiger partial charge in [-0.1, -0.05) is 41.4 Å². The van der Waals surface area contributed by atoms with Gasteiger partial charge in [-0.2, -0.15) is 0 Å². The SMILES string of the molecule is CCCc1nc(N)sc1Cc1ccc(C)cc1Br. The van der Waals surface area contributed by atoms with Gasteiger partial charge in [-0.25, -0.2) is 4.98 Å². The molecule has 4 heteroatoms. The molecule has 0 saturated carbocycles. The molecule has 2 N–H and O–H groups in total. The number of rotatable bonds is 4. The van der Waals surface area contributed by atoms with Gasteiger partial charge < -0.3 is 5.73 Å². The van der Waals surface area contributed by atoms with E-state index < -0.39 is 0 Å². The Kier molecular flexibility index (Phi) is 4.40. The minimum atomic E-state index is 0.677. The normalized spacial score (nSPS) is 10.8. The first-order valence-corrected chi connectivity index (χ1v) is 7.70. The number of hydrogen-bond acceptors (Lipinski definition) is 3. The number of halogens is 1. The fourth-order valence-electron chi connectivity index (χ4n) is 1.94. The molecular formula is C14H17BrN2S. The Morgan fingerprint density at radius 2 is 2.17 bits per heavy atom. The smallest absolute Gasteiger partial charge is 0.180 e.